The quantitative estimate of drug-likeness (QED) is 0.432. The molecule has 4 aromatic rings. The predicted molar refractivity (Wildman–Crippen MR) is 108 cm³/mol. The molecule has 0 fully saturated rings. The first-order chi connectivity index (χ1) is 15.2. The van der Waals surface area contributed by atoms with Crippen LogP contribution in [0.1, 0.15) is 22.0 Å². The van der Waals surface area contributed by atoms with Crippen molar-refractivity contribution in [3.8, 4) is 17.1 Å². The Balaban J connectivity index is 1.77. The second kappa shape index (κ2) is 8.13. The van der Waals surface area contributed by atoms with E-state index in [0.717, 1.165) is 12.1 Å². The van der Waals surface area contributed by atoms with E-state index in [9.17, 15) is 18.0 Å². The Hall–Kier alpha value is -4.22. The highest BCUT2D eigenvalue weighted by atomic mass is 19.4. The fourth-order valence-electron chi connectivity index (χ4n) is 3.05. The number of H-pyrrole nitrogens is 1. The van der Waals surface area contributed by atoms with Gasteiger partial charge >= 0.3 is 6.36 Å². The van der Waals surface area contributed by atoms with Crippen LogP contribution >= 0.6 is 0 Å². The van der Waals surface area contributed by atoms with Crippen LogP contribution in [0.25, 0.3) is 22.3 Å². The summed E-state index contributed by atoms with van der Waals surface area (Å²) in [5.74, 6) is -0.444. The number of aryl methyl sites for hydroxylation is 1. The first-order valence-corrected chi connectivity index (χ1v) is 9.27. The smallest absolute Gasteiger partial charge is 0.406 e. The molecule has 0 aliphatic carbocycles. The van der Waals surface area contributed by atoms with Gasteiger partial charge in [0.2, 0.25) is 0 Å². The first kappa shape index (κ1) is 21.0. The average molecular weight is 443 g/mol. The van der Waals surface area contributed by atoms with Gasteiger partial charge in [-0.3, -0.25) is 9.78 Å². The number of alkyl halides is 3. The fraction of sp³-hybridized carbons (Fsp3) is 0.150. The molecule has 9 nitrogen and oxygen atoms in total. The predicted octanol–water partition coefficient (Wildman–Crippen LogP) is 3.13. The number of nitrogens with zero attached hydrogens (tertiary/aromatic N) is 4. The highest BCUT2D eigenvalue weighted by molar-refractivity contribution is 6.04. The lowest BCUT2D eigenvalue weighted by atomic mass is 10.1. The molecule has 32 heavy (non-hydrogen) atoms. The molecule has 1 aromatic carbocycles. The number of nitrogens with two attached hydrogens (primary N) is 1. The van der Waals surface area contributed by atoms with Crippen LogP contribution in [-0.4, -0.2) is 37.4 Å². The number of aromatic nitrogens is 5. The van der Waals surface area contributed by atoms with Gasteiger partial charge in [0.25, 0.3) is 5.91 Å². The molecule has 0 aliphatic heterocycles. The summed E-state index contributed by atoms with van der Waals surface area (Å²) in [6.45, 7) is 1.79. The third kappa shape index (κ3) is 4.58. The zero-order chi connectivity index (χ0) is 22.9. The Bertz CT molecular complexity index is 1290. The molecule has 0 bridgehead atoms. The van der Waals surface area contributed by atoms with E-state index in [0.29, 0.717) is 11.5 Å². The third-order valence-electron chi connectivity index (χ3n) is 4.40. The van der Waals surface area contributed by atoms with Crippen molar-refractivity contribution in [2.45, 2.75) is 19.8 Å². The number of rotatable bonds is 5. The molecular weight excluding hydrogens is 427 g/mol. The maximum atomic E-state index is 12.8. The summed E-state index contributed by atoms with van der Waals surface area (Å²) in [4.78, 5) is 24.0. The van der Waals surface area contributed by atoms with Gasteiger partial charge in [-0.25, -0.2) is 4.98 Å². The molecule has 3 heterocycles. The van der Waals surface area contributed by atoms with Gasteiger partial charge in [0.05, 0.1) is 17.8 Å². The summed E-state index contributed by atoms with van der Waals surface area (Å²) in [5.41, 5.74) is 7.05. The molecule has 164 valence electrons. The highest BCUT2D eigenvalue weighted by Crippen LogP contribution is 2.35. The standard InChI is InChI=1S/C20H16F3N7O2/c1-10-27-18(30-29-10)14-7-12(32-20(21,22)23)6-13-15(24)8-16(28-17(13)14)19(31)26-9-11-4-2-3-5-25-11/h2-8H,9H2,1H3,(H2,24,28)(H,26,31)(H,27,29,30). The van der Waals surface area contributed by atoms with Gasteiger partial charge < -0.3 is 20.8 Å². The number of carbonyl (C=O) groups excluding carboxylic acids is 1. The van der Waals surface area contributed by atoms with Crippen LogP contribution in [0.15, 0.2) is 42.6 Å². The monoisotopic (exact) mass is 443 g/mol. The zero-order valence-corrected chi connectivity index (χ0v) is 16.6. The van der Waals surface area contributed by atoms with Crippen LogP contribution in [0.4, 0.5) is 18.9 Å². The van der Waals surface area contributed by atoms with Crippen molar-refractivity contribution >= 4 is 22.5 Å². The maximum Gasteiger partial charge on any atom is 0.573 e. The minimum absolute atomic E-state index is 0.0205. The molecular formula is C20H16F3N7O2. The minimum atomic E-state index is -4.91. The van der Waals surface area contributed by atoms with E-state index in [2.05, 4.69) is 35.2 Å². The van der Waals surface area contributed by atoms with E-state index in [4.69, 9.17) is 5.73 Å². The summed E-state index contributed by atoms with van der Waals surface area (Å²) in [5, 5.41) is 10.6. The van der Waals surface area contributed by atoms with Gasteiger partial charge in [-0.1, -0.05) is 6.07 Å². The summed E-state index contributed by atoms with van der Waals surface area (Å²) in [6, 6.07) is 8.77. The normalized spacial score (nSPS) is 11.5. The Morgan fingerprint density at radius 2 is 2.03 bits per heavy atom. The maximum absolute atomic E-state index is 12.8. The van der Waals surface area contributed by atoms with Crippen molar-refractivity contribution in [1.82, 2.24) is 30.5 Å². The number of aromatic amines is 1. The van der Waals surface area contributed by atoms with Gasteiger partial charge in [-0.15, -0.1) is 23.4 Å². The molecule has 4 N–H and O–H groups in total. The summed E-state index contributed by atoms with van der Waals surface area (Å²) < 4.78 is 42.5. The molecule has 0 radical (unpaired) electrons. The Kier molecular flexibility index (Phi) is 5.34. The lowest BCUT2D eigenvalue weighted by molar-refractivity contribution is -0.274. The number of hydrogen-bond donors (Lipinski definition) is 3. The number of halogens is 3. The summed E-state index contributed by atoms with van der Waals surface area (Å²) in [6.07, 6.45) is -3.31. The van der Waals surface area contributed by atoms with E-state index in [1.807, 2.05) is 0 Å². The van der Waals surface area contributed by atoms with E-state index in [1.54, 1.807) is 31.3 Å². The van der Waals surface area contributed by atoms with Crippen molar-refractivity contribution in [2.75, 3.05) is 5.73 Å². The van der Waals surface area contributed by atoms with Crippen LogP contribution < -0.4 is 15.8 Å². The number of anilines is 1. The van der Waals surface area contributed by atoms with Gasteiger partial charge in [0, 0.05) is 22.8 Å². The third-order valence-corrected chi connectivity index (χ3v) is 4.40. The second-order valence-corrected chi connectivity index (χ2v) is 6.77. The minimum Gasteiger partial charge on any atom is -0.406 e. The average Bonchev–Trinajstić information content (AvgIpc) is 3.17. The van der Waals surface area contributed by atoms with Gasteiger partial charge in [0.1, 0.15) is 17.3 Å². The molecule has 4 rings (SSSR count). The molecule has 12 heteroatoms. The number of amides is 1. The van der Waals surface area contributed by atoms with E-state index < -0.39 is 18.0 Å². The van der Waals surface area contributed by atoms with Crippen molar-refractivity contribution in [1.29, 1.82) is 0 Å². The SMILES string of the molecule is Cc1nnc(-c2cc(OC(F)(F)F)cc3c(N)cc(C(=O)NCc4ccccn4)nc23)[nH]1. The van der Waals surface area contributed by atoms with Gasteiger partial charge in [-0.2, -0.15) is 0 Å². The lowest BCUT2D eigenvalue weighted by Gasteiger charge is -2.14. The van der Waals surface area contributed by atoms with Gasteiger partial charge in [-0.05, 0) is 37.3 Å². The Morgan fingerprint density at radius 3 is 2.69 bits per heavy atom. The molecule has 0 unspecified atom stereocenters. The van der Waals surface area contributed by atoms with Crippen molar-refractivity contribution in [3.63, 3.8) is 0 Å². The number of ether oxygens (including phenoxy) is 1. The van der Waals surface area contributed by atoms with Crippen LogP contribution in [0.3, 0.4) is 0 Å². The Labute approximate surface area is 178 Å². The fourth-order valence-corrected chi connectivity index (χ4v) is 3.05. The molecule has 0 spiro atoms. The molecule has 0 aliphatic rings. The Morgan fingerprint density at radius 1 is 1.22 bits per heavy atom. The topological polar surface area (TPSA) is 132 Å². The number of carbonyl (C=O) groups is 1. The molecule has 3 aromatic heterocycles. The van der Waals surface area contributed by atoms with Crippen molar-refractivity contribution in [2.24, 2.45) is 0 Å². The van der Waals surface area contributed by atoms with E-state index in [-0.39, 0.29) is 40.2 Å². The number of fused-ring (bicyclic) bond motifs is 1. The van der Waals surface area contributed by atoms with Crippen LogP contribution in [0, 0.1) is 6.92 Å². The largest absolute Gasteiger partial charge is 0.573 e. The number of pyridine rings is 2. The highest BCUT2D eigenvalue weighted by Gasteiger charge is 2.32. The number of nitrogen functional groups attached to an aromatic ring is 1. The number of benzene rings is 1. The van der Waals surface area contributed by atoms with E-state index >= 15 is 0 Å². The molecule has 0 saturated carbocycles. The number of hydrogen-bond acceptors (Lipinski definition) is 7. The molecule has 0 saturated heterocycles. The van der Waals surface area contributed by atoms with E-state index in [1.165, 1.54) is 6.07 Å². The van der Waals surface area contributed by atoms with Crippen LogP contribution in [0.5, 0.6) is 5.75 Å². The summed E-state index contributed by atoms with van der Waals surface area (Å²) in [7, 11) is 0. The van der Waals surface area contributed by atoms with Crippen LogP contribution in [-0.2, 0) is 6.54 Å². The van der Waals surface area contributed by atoms with Crippen molar-refractivity contribution in [3.05, 3.63) is 59.8 Å². The lowest BCUT2D eigenvalue weighted by Crippen LogP contribution is -2.24. The number of nitrogens with one attached hydrogen (secondary N) is 2. The molecule has 1 amide bonds. The van der Waals surface area contributed by atoms with Crippen molar-refractivity contribution < 1.29 is 22.7 Å². The first-order valence-electron chi connectivity index (χ1n) is 9.27. The zero-order valence-electron chi connectivity index (χ0n) is 16.6. The van der Waals surface area contributed by atoms with Gasteiger partial charge in [0.15, 0.2) is 5.82 Å². The second-order valence-electron chi connectivity index (χ2n) is 6.77. The van der Waals surface area contributed by atoms with Crippen LogP contribution in [0.2, 0.25) is 0 Å². The summed E-state index contributed by atoms with van der Waals surface area (Å²) >= 11 is 0. The molecule has 0 atom stereocenters.